The Morgan fingerprint density at radius 2 is 1.73 bits per heavy atom. The molecular formula is C21H21NO4. The first kappa shape index (κ1) is 19.0. The summed E-state index contributed by atoms with van der Waals surface area (Å²) in [5, 5.41) is 2.78. The summed E-state index contributed by atoms with van der Waals surface area (Å²) >= 11 is 0. The number of nitrogens with one attached hydrogen (secondary N) is 1. The minimum absolute atomic E-state index is 0.245. The van der Waals surface area contributed by atoms with Crippen molar-refractivity contribution in [1.29, 1.82) is 0 Å². The molecular weight excluding hydrogens is 330 g/mol. The van der Waals surface area contributed by atoms with Crippen LogP contribution in [0.2, 0.25) is 0 Å². The Balaban J connectivity index is 1.95. The number of hydrogen-bond acceptors (Lipinski definition) is 4. The number of amides is 1. The van der Waals surface area contributed by atoms with E-state index in [1.54, 1.807) is 50.5 Å². The molecule has 26 heavy (non-hydrogen) atoms. The number of carbonyl (C=O) groups excluding carboxylic acids is 2. The smallest absolute Gasteiger partial charge is 0.330 e. The molecule has 1 N–H and O–H groups in total. The maximum Gasteiger partial charge on any atom is 0.330 e. The molecule has 0 aliphatic heterocycles. The third kappa shape index (κ3) is 5.94. The number of hydrogen-bond donors (Lipinski definition) is 1. The predicted octanol–water partition coefficient (Wildman–Crippen LogP) is 3.92. The van der Waals surface area contributed by atoms with Crippen LogP contribution in [0.15, 0.2) is 60.7 Å². The van der Waals surface area contributed by atoms with Crippen molar-refractivity contribution in [2.24, 2.45) is 0 Å². The molecule has 0 bridgehead atoms. The van der Waals surface area contributed by atoms with Gasteiger partial charge in [-0.1, -0.05) is 30.3 Å². The van der Waals surface area contributed by atoms with E-state index in [-0.39, 0.29) is 11.9 Å². The van der Waals surface area contributed by atoms with E-state index in [0.717, 1.165) is 11.1 Å². The predicted molar refractivity (Wildman–Crippen MR) is 103 cm³/mol. The van der Waals surface area contributed by atoms with Gasteiger partial charge in [-0.25, -0.2) is 4.79 Å². The zero-order valence-electron chi connectivity index (χ0n) is 14.8. The molecule has 0 spiro atoms. The van der Waals surface area contributed by atoms with E-state index in [9.17, 15) is 9.59 Å². The number of rotatable bonds is 7. The highest BCUT2D eigenvalue weighted by atomic mass is 16.5. The van der Waals surface area contributed by atoms with Gasteiger partial charge < -0.3 is 14.8 Å². The van der Waals surface area contributed by atoms with Gasteiger partial charge in [0.05, 0.1) is 13.7 Å². The molecule has 0 radical (unpaired) electrons. The van der Waals surface area contributed by atoms with Crippen molar-refractivity contribution >= 4 is 29.7 Å². The summed E-state index contributed by atoms with van der Waals surface area (Å²) in [6.45, 7) is 2.10. The van der Waals surface area contributed by atoms with E-state index in [4.69, 9.17) is 9.47 Å². The highest BCUT2D eigenvalue weighted by Crippen LogP contribution is 2.18. The monoisotopic (exact) mass is 351 g/mol. The number of para-hydroxylation sites is 1. The van der Waals surface area contributed by atoms with Crippen molar-refractivity contribution in [3.05, 3.63) is 71.8 Å². The zero-order chi connectivity index (χ0) is 18.8. The van der Waals surface area contributed by atoms with Gasteiger partial charge in [0.25, 0.3) is 0 Å². The average molecular weight is 351 g/mol. The highest BCUT2D eigenvalue weighted by Gasteiger charge is 2.01. The molecule has 5 heteroatoms. The van der Waals surface area contributed by atoms with Gasteiger partial charge in [-0.2, -0.15) is 0 Å². The largest absolute Gasteiger partial charge is 0.496 e. The van der Waals surface area contributed by atoms with Crippen LogP contribution in [-0.4, -0.2) is 25.6 Å². The minimum Gasteiger partial charge on any atom is -0.496 e. The molecule has 0 aliphatic carbocycles. The molecule has 1 amide bonds. The molecule has 2 aromatic carbocycles. The van der Waals surface area contributed by atoms with Crippen LogP contribution in [0.3, 0.4) is 0 Å². The van der Waals surface area contributed by atoms with Crippen molar-refractivity contribution in [3.8, 4) is 5.75 Å². The molecule has 0 saturated carbocycles. The van der Waals surface area contributed by atoms with Gasteiger partial charge in [0.1, 0.15) is 5.75 Å². The summed E-state index contributed by atoms with van der Waals surface area (Å²) in [6, 6.07) is 14.6. The summed E-state index contributed by atoms with van der Waals surface area (Å²) in [6.07, 6.45) is 6.18. The van der Waals surface area contributed by atoms with Gasteiger partial charge in [-0.3, -0.25) is 4.79 Å². The second kappa shape index (κ2) is 9.84. The molecule has 2 aromatic rings. The van der Waals surface area contributed by atoms with Crippen molar-refractivity contribution < 1.29 is 19.1 Å². The molecule has 0 unspecified atom stereocenters. The topological polar surface area (TPSA) is 64.6 Å². The number of benzene rings is 2. The molecule has 0 atom stereocenters. The Bertz CT molecular complexity index is 807. The molecule has 5 nitrogen and oxygen atoms in total. The lowest BCUT2D eigenvalue weighted by Crippen LogP contribution is -2.07. The zero-order valence-corrected chi connectivity index (χ0v) is 14.8. The highest BCUT2D eigenvalue weighted by molar-refractivity contribution is 6.02. The number of esters is 1. The van der Waals surface area contributed by atoms with Gasteiger partial charge in [-0.15, -0.1) is 0 Å². The van der Waals surface area contributed by atoms with Crippen molar-refractivity contribution in [2.45, 2.75) is 6.92 Å². The van der Waals surface area contributed by atoms with Gasteiger partial charge in [0.15, 0.2) is 0 Å². The molecule has 2 rings (SSSR count). The van der Waals surface area contributed by atoms with E-state index in [1.807, 2.05) is 24.3 Å². The van der Waals surface area contributed by atoms with Gasteiger partial charge in [0.2, 0.25) is 5.91 Å². The number of methoxy groups -OCH3 is 1. The molecule has 134 valence electrons. The summed E-state index contributed by atoms with van der Waals surface area (Å²) in [5.41, 5.74) is 2.32. The lowest BCUT2D eigenvalue weighted by Gasteiger charge is -2.04. The first-order chi connectivity index (χ1) is 12.6. The molecule has 0 aromatic heterocycles. The summed E-state index contributed by atoms with van der Waals surface area (Å²) in [5.74, 6) is 0.0753. The van der Waals surface area contributed by atoms with E-state index in [0.29, 0.717) is 18.0 Å². The van der Waals surface area contributed by atoms with Crippen LogP contribution >= 0.6 is 0 Å². The Kier molecular flexibility index (Phi) is 7.18. The van der Waals surface area contributed by atoms with E-state index >= 15 is 0 Å². The van der Waals surface area contributed by atoms with Crippen LogP contribution in [0.5, 0.6) is 5.75 Å². The van der Waals surface area contributed by atoms with Crippen LogP contribution in [0.4, 0.5) is 5.69 Å². The maximum atomic E-state index is 12.0. The van der Waals surface area contributed by atoms with E-state index in [2.05, 4.69) is 5.32 Å². The fourth-order valence-corrected chi connectivity index (χ4v) is 2.19. The van der Waals surface area contributed by atoms with Gasteiger partial charge >= 0.3 is 5.97 Å². The lowest BCUT2D eigenvalue weighted by atomic mass is 10.2. The number of anilines is 1. The lowest BCUT2D eigenvalue weighted by molar-refractivity contribution is -0.137. The minimum atomic E-state index is -0.383. The van der Waals surface area contributed by atoms with Gasteiger partial charge in [-0.05, 0) is 42.8 Å². The Morgan fingerprint density at radius 3 is 2.42 bits per heavy atom. The fourth-order valence-electron chi connectivity index (χ4n) is 2.19. The van der Waals surface area contributed by atoms with Crippen molar-refractivity contribution in [1.82, 2.24) is 0 Å². The van der Waals surface area contributed by atoms with E-state index in [1.165, 1.54) is 12.2 Å². The van der Waals surface area contributed by atoms with Crippen molar-refractivity contribution in [3.63, 3.8) is 0 Å². The summed E-state index contributed by atoms with van der Waals surface area (Å²) in [7, 11) is 1.59. The van der Waals surface area contributed by atoms with Crippen LogP contribution in [-0.2, 0) is 14.3 Å². The first-order valence-electron chi connectivity index (χ1n) is 8.19. The Labute approximate surface area is 152 Å². The van der Waals surface area contributed by atoms with Crippen LogP contribution in [0, 0.1) is 0 Å². The van der Waals surface area contributed by atoms with Crippen molar-refractivity contribution in [2.75, 3.05) is 19.0 Å². The normalized spacial score (nSPS) is 10.8. The molecule has 0 aliphatic rings. The van der Waals surface area contributed by atoms with Gasteiger partial charge in [0, 0.05) is 23.4 Å². The molecule has 0 saturated heterocycles. The quantitative estimate of drug-likeness (QED) is 0.606. The van der Waals surface area contributed by atoms with Crippen LogP contribution in [0.1, 0.15) is 18.1 Å². The Hall–Kier alpha value is -3.34. The van der Waals surface area contributed by atoms with Crippen LogP contribution in [0.25, 0.3) is 12.2 Å². The molecule has 0 heterocycles. The second-order valence-electron chi connectivity index (χ2n) is 5.27. The third-order valence-electron chi connectivity index (χ3n) is 3.43. The first-order valence-corrected chi connectivity index (χ1v) is 8.19. The fraction of sp³-hybridized carbons (Fsp3) is 0.143. The summed E-state index contributed by atoms with van der Waals surface area (Å²) in [4.78, 5) is 23.3. The average Bonchev–Trinajstić information content (AvgIpc) is 2.66. The number of ether oxygens (including phenoxy) is 2. The SMILES string of the molecule is CCOC(=O)/C=C/c1ccc(NC(=O)/C=C/c2ccccc2OC)cc1. The Morgan fingerprint density at radius 1 is 1.00 bits per heavy atom. The van der Waals surface area contributed by atoms with E-state index < -0.39 is 0 Å². The second-order valence-corrected chi connectivity index (χ2v) is 5.27. The number of carbonyl (C=O) groups is 2. The maximum absolute atomic E-state index is 12.0. The standard InChI is InChI=1S/C21H21NO4/c1-3-26-21(24)15-10-16-8-12-18(13-9-16)22-20(23)14-11-17-6-4-5-7-19(17)25-2/h4-15H,3H2,1-2H3,(H,22,23)/b14-11+,15-10+. The summed E-state index contributed by atoms with van der Waals surface area (Å²) < 4.78 is 10.1. The van der Waals surface area contributed by atoms with Crippen LogP contribution < -0.4 is 10.1 Å². The third-order valence-corrected chi connectivity index (χ3v) is 3.43. The molecule has 0 fully saturated rings.